The lowest BCUT2D eigenvalue weighted by atomic mass is 10.4. The van der Waals surface area contributed by atoms with Gasteiger partial charge >= 0.3 is 0 Å². The average molecular weight is 194 g/mol. The van der Waals surface area contributed by atoms with Crippen molar-refractivity contribution in [2.24, 2.45) is 5.73 Å². The fourth-order valence-corrected chi connectivity index (χ4v) is 1.25. The minimum atomic E-state index is 0.0270. The van der Waals surface area contributed by atoms with Crippen molar-refractivity contribution in [3.05, 3.63) is 18.0 Å². The van der Waals surface area contributed by atoms with Crippen molar-refractivity contribution in [3.63, 3.8) is 0 Å². The number of rotatable bonds is 4. The van der Waals surface area contributed by atoms with Crippen LogP contribution in [0.3, 0.4) is 0 Å². The number of hydrogen-bond donors (Lipinski definition) is 2. The normalized spacial score (nSPS) is 15.5. The standard InChI is InChI=1S/C9H14N4O/c10-3-7-4-11-13(5-7)6-9(14)12-8-1-2-8/h4-5,8H,1-3,6,10H2,(H,12,14). The van der Waals surface area contributed by atoms with Gasteiger partial charge in [-0.25, -0.2) is 0 Å². The van der Waals surface area contributed by atoms with E-state index >= 15 is 0 Å². The first-order valence-electron chi connectivity index (χ1n) is 4.78. The number of carbonyl (C=O) groups excluding carboxylic acids is 1. The van der Waals surface area contributed by atoms with Gasteiger partial charge in [-0.05, 0) is 12.8 Å². The molecule has 5 heteroatoms. The van der Waals surface area contributed by atoms with Crippen molar-refractivity contribution in [3.8, 4) is 0 Å². The Hall–Kier alpha value is -1.36. The molecule has 0 aliphatic heterocycles. The van der Waals surface area contributed by atoms with E-state index in [4.69, 9.17) is 5.73 Å². The molecule has 1 saturated carbocycles. The number of nitrogens with zero attached hydrogens (tertiary/aromatic N) is 2. The molecule has 0 bridgehead atoms. The average Bonchev–Trinajstić information content (AvgIpc) is 2.83. The molecule has 0 saturated heterocycles. The molecular weight excluding hydrogens is 180 g/mol. The molecule has 1 aromatic rings. The number of carbonyl (C=O) groups is 1. The Morgan fingerprint density at radius 3 is 3.07 bits per heavy atom. The van der Waals surface area contributed by atoms with Gasteiger partial charge in [-0.15, -0.1) is 0 Å². The van der Waals surface area contributed by atoms with Crippen LogP contribution in [0.2, 0.25) is 0 Å². The molecule has 3 N–H and O–H groups in total. The van der Waals surface area contributed by atoms with E-state index in [0.717, 1.165) is 18.4 Å². The summed E-state index contributed by atoms with van der Waals surface area (Å²) in [4.78, 5) is 11.4. The Kier molecular flexibility index (Phi) is 2.49. The third-order valence-electron chi connectivity index (χ3n) is 2.17. The van der Waals surface area contributed by atoms with Gasteiger partial charge in [0.1, 0.15) is 6.54 Å². The van der Waals surface area contributed by atoms with E-state index in [9.17, 15) is 4.79 Å². The van der Waals surface area contributed by atoms with Gasteiger partial charge in [-0.2, -0.15) is 5.10 Å². The number of nitrogens with one attached hydrogen (secondary N) is 1. The van der Waals surface area contributed by atoms with Crippen LogP contribution in [0.25, 0.3) is 0 Å². The molecule has 14 heavy (non-hydrogen) atoms. The quantitative estimate of drug-likeness (QED) is 0.686. The SMILES string of the molecule is NCc1cnn(CC(=O)NC2CC2)c1. The summed E-state index contributed by atoms with van der Waals surface area (Å²) in [6.07, 6.45) is 5.70. The van der Waals surface area contributed by atoms with Crippen molar-refractivity contribution < 1.29 is 4.79 Å². The molecule has 0 unspecified atom stereocenters. The molecule has 0 atom stereocenters. The van der Waals surface area contributed by atoms with Crippen LogP contribution < -0.4 is 11.1 Å². The Morgan fingerprint density at radius 2 is 2.50 bits per heavy atom. The smallest absolute Gasteiger partial charge is 0.241 e. The van der Waals surface area contributed by atoms with Gasteiger partial charge < -0.3 is 11.1 Å². The monoisotopic (exact) mass is 194 g/mol. The summed E-state index contributed by atoms with van der Waals surface area (Å²) in [6, 6.07) is 0.409. The van der Waals surface area contributed by atoms with E-state index in [0.29, 0.717) is 12.6 Å². The maximum Gasteiger partial charge on any atom is 0.241 e. The van der Waals surface area contributed by atoms with Gasteiger partial charge in [-0.3, -0.25) is 9.48 Å². The summed E-state index contributed by atoms with van der Waals surface area (Å²) < 4.78 is 1.61. The molecule has 1 aliphatic rings. The summed E-state index contributed by atoms with van der Waals surface area (Å²) in [5.74, 6) is 0.0270. The van der Waals surface area contributed by atoms with Crippen LogP contribution in [-0.2, 0) is 17.9 Å². The first kappa shape index (κ1) is 9.21. The third-order valence-corrected chi connectivity index (χ3v) is 2.17. The fourth-order valence-electron chi connectivity index (χ4n) is 1.25. The van der Waals surface area contributed by atoms with Crippen LogP contribution in [0, 0.1) is 0 Å². The van der Waals surface area contributed by atoms with Crippen LogP contribution >= 0.6 is 0 Å². The number of amides is 1. The van der Waals surface area contributed by atoms with Crippen LogP contribution in [-0.4, -0.2) is 21.7 Å². The molecule has 1 fully saturated rings. The summed E-state index contributed by atoms with van der Waals surface area (Å²) in [6.45, 7) is 0.751. The second-order valence-corrected chi connectivity index (χ2v) is 3.59. The highest BCUT2D eigenvalue weighted by atomic mass is 16.2. The highest BCUT2D eigenvalue weighted by Gasteiger charge is 2.23. The summed E-state index contributed by atoms with van der Waals surface area (Å²) in [5.41, 5.74) is 6.38. The maximum atomic E-state index is 11.4. The zero-order valence-electron chi connectivity index (χ0n) is 7.94. The number of hydrogen-bond acceptors (Lipinski definition) is 3. The lowest BCUT2D eigenvalue weighted by molar-refractivity contribution is -0.122. The van der Waals surface area contributed by atoms with E-state index in [2.05, 4.69) is 10.4 Å². The molecule has 0 aromatic carbocycles. The van der Waals surface area contributed by atoms with Crippen molar-refractivity contribution in [2.75, 3.05) is 0 Å². The second-order valence-electron chi connectivity index (χ2n) is 3.59. The topological polar surface area (TPSA) is 72.9 Å². The van der Waals surface area contributed by atoms with Gasteiger partial charge in [0, 0.05) is 24.3 Å². The van der Waals surface area contributed by atoms with E-state index < -0.39 is 0 Å². The Balaban J connectivity index is 1.85. The predicted molar refractivity (Wildman–Crippen MR) is 51.3 cm³/mol. The minimum Gasteiger partial charge on any atom is -0.352 e. The predicted octanol–water partition coefficient (Wildman–Crippen LogP) is -0.380. The summed E-state index contributed by atoms with van der Waals surface area (Å²) >= 11 is 0. The number of aromatic nitrogens is 2. The Morgan fingerprint density at radius 1 is 1.71 bits per heavy atom. The van der Waals surface area contributed by atoms with Crippen LogP contribution in [0.5, 0.6) is 0 Å². The molecule has 1 aromatic heterocycles. The van der Waals surface area contributed by atoms with E-state index in [1.54, 1.807) is 17.1 Å². The fraction of sp³-hybridized carbons (Fsp3) is 0.556. The van der Waals surface area contributed by atoms with Gasteiger partial charge in [0.05, 0.1) is 6.20 Å². The molecule has 0 spiro atoms. The lowest BCUT2D eigenvalue weighted by Crippen LogP contribution is -2.29. The zero-order valence-corrected chi connectivity index (χ0v) is 7.94. The van der Waals surface area contributed by atoms with Crippen molar-refractivity contribution in [1.29, 1.82) is 0 Å². The summed E-state index contributed by atoms with van der Waals surface area (Å²) in [5, 5.41) is 6.93. The van der Waals surface area contributed by atoms with Crippen LogP contribution in [0.15, 0.2) is 12.4 Å². The molecular formula is C9H14N4O. The maximum absolute atomic E-state index is 11.4. The largest absolute Gasteiger partial charge is 0.352 e. The first-order chi connectivity index (χ1) is 6.78. The Labute approximate surface area is 82.3 Å². The van der Waals surface area contributed by atoms with E-state index in [1.165, 1.54) is 0 Å². The highest BCUT2D eigenvalue weighted by molar-refractivity contribution is 5.76. The molecule has 1 aliphatic carbocycles. The Bertz CT molecular complexity index is 329. The molecule has 0 radical (unpaired) electrons. The number of nitrogens with two attached hydrogens (primary N) is 1. The zero-order chi connectivity index (χ0) is 9.97. The minimum absolute atomic E-state index is 0.0270. The van der Waals surface area contributed by atoms with Crippen LogP contribution in [0.4, 0.5) is 0 Å². The molecule has 76 valence electrons. The van der Waals surface area contributed by atoms with E-state index in [-0.39, 0.29) is 12.5 Å². The lowest BCUT2D eigenvalue weighted by Gasteiger charge is -2.02. The van der Waals surface area contributed by atoms with Crippen molar-refractivity contribution in [2.45, 2.75) is 32.0 Å². The van der Waals surface area contributed by atoms with Gasteiger partial charge in [0.25, 0.3) is 0 Å². The van der Waals surface area contributed by atoms with E-state index in [1.807, 2.05) is 0 Å². The first-order valence-corrected chi connectivity index (χ1v) is 4.78. The highest BCUT2D eigenvalue weighted by Crippen LogP contribution is 2.18. The van der Waals surface area contributed by atoms with Gasteiger partial charge in [0.15, 0.2) is 0 Å². The molecule has 1 heterocycles. The van der Waals surface area contributed by atoms with Gasteiger partial charge in [0.2, 0.25) is 5.91 Å². The second kappa shape index (κ2) is 3.79. The molecule has 1 amide bonds. The molecule has 5 nitrogen and oxygen atoms in total. The third kappa shape index (κ3) is 2.32. The van der Waals surface area contributed by atoms with Crippen molar-refractivity contribution in [1.82, 2.24) is 15.1 Å². The van der Waals surface area contributed by atoms with Crippen LogP contribution in [0.1, 0.15) is 18.4 Å². The van der Waals surface area contributed by atoms with Crippen molar-refractivity contribution >= 4 is 5.91 Å². The summed E-state index contributed by atoms with van der Waals surface area (Å²) in [7, 11) is 0. The molecule has 2 rings (SSSR count). The van der Waals surface area contributed by atoms with Gasteiger partial charge in [-0.1, -0.05) is 0 Å².